The number of nitrogens with zero attached hydrogens (tertiary/aromatic N) is 3. The van der Waals surface area contributed by atoms with Crippen LogP contribution in [0.4, 0.5) is 5.69 Å². The van der Waals surface area contributed by atoms with E-state index in [1.54, 1.807) is 14.2 Å². The summed E-state index contributed by atoms with van der Waals surface area (Å²) in [6, 6.07) is 13.3. The number of carboxylic acids is 1. The lowest BCUT2D eigenvalue weighted by atomic mass is 9.87. The fourth-order valence-electron chi connectivity index (χ4n) is 4.49. The van der Waals surface area contributed by atoms with Crippen LogP contribution in [0, 0.1) is 5.92 Å². The van der Waals surface area contributed by atoms with E-state index in [-0.39, 0.29) is 5.92 Å². The lowest BCUT2D eigenvalue weighted by Crippen LogP contribution is -2.37. The molecule has 0 saturated carbocycles. The molecule has 7 nitrogen and oxygen atoms in total. The van der Waals surface area contributed by atoms with E-state index >= 15 is 0 Å². The van der Waals surface area contributed by atoms with Crippen molar-refractivity contribution in [2.45, 2.75) is 6.42 Å². The molecule has 168 valence electrons. The molecule has 1 N–H and O–H groups in total. The highest BCUT2D eigenvalue weighted by Crippen LogP contribution is 2.41. The maximum absolute atomic E-state index is 12.4. The van der Waals surface area contributed by atoms with Crippen LogP contribution in [0.15, 0.2) is 54.1 Å². The van der Waals surface area contributed by atoms with E-state index in [2.05, 4.69) is 19.7 Å². The number of aromatic nitrogens is 2. The summed E-state index contributed by atoms with van der Waals surface area (Å²) < 4.78 is 19.5. The zero-order valence-corrected chi connectivity index (χ0v) is 19.1. The predicted molar refractivity (Wildman–Crippen MR) is 128 cm³/mol. The van der Waals surface area contributed by atoms with Crippen LogP contribution in [0.2, 0.25) is 0 Å². The molecular weight excluding hydrogens is 438 g/mol. The molecule has 1 aliphatic carbocycles. The number of hydrogen-bond acceptors (Lipinski definition) is 7. The lowest BCUT2D eigenvalue weighted by molar-refractivity contribution is -0.132. The molecule has 1 atom stereocenters. The van der Waals surface area contributed by atoms with E-state index in [1.807, 2.05) is 48.5 Å². The van der Waals surface area contributed by atoms with Crippen LogP contribution in [0.5, 0.6) is 11.5 Å². The first kappa shape index (κ1) is 21.2. The fourth-order valence-corrected chi connectivity index (χ4v) is 5.06. The summed E-state index contributed by atoms with van der Waals surface area (Å²) in [5, 5.41) is 10.2. The van der Waals surface area contributed by atoms with Gasteiger partial charge in [-0.2, -0.15) is 8.75 Å². The molecule has 2 heterocycles. The van der Waals surface area contributed by atoms with Crippen molar-refractivity contribution in [3.05, 3.63) is 76.6 Å². The third kappa shape index (κ3) is 3.98. The molecule has 1 aromatic heterocycles. The molecule has 1 aliphatic heterocycles. The number of anilines is 1. The monoisotopic (exact) mass is 461 g/mol. The maximum Gasteiger partial charge on any atom is 0.334 e. The molecule has 5 rings (SSSR count). The predicted octanol–water partition coefficient (Wildman–Crippen LogP) is 4.15. The van der Waals surface area contributed by atoms with Gasteiger partial charge in [0, 0.05) is 35.7 Å². The van der Waals surface area contributed by atoms with Gasteiger partial charge in [0.1, 0.15) is 11.5 Å². The van der Waals surface area contributed by atoms with Crippen molar-refractivity contribution in [2.24, 2.45) is 5.92 Å². The van der Waals surface area contributed by atoms with E-state index < -0.39 is 5.97 Å². The van der Waals surface area contributed by atoms with Crippen molar-refractivity contribution in [1.29, 1.82) is 0 Å². The van der Waals surface area contributed by atoms with Crippen LogP contribution in [0.3, 0.4) is 0 Å². The van der Waals surface area contributed by atoms with Crippen molar-refractivity contribution in [3.8, 4) is 11.5 Å². The smallest absolute Gasteiger partial charge is 0.334 e. The molecule has 0 amide bonds. The summed E-state index contributed by atoms with van der Waals surface area (Å²) in [4.78, 5) is 14.6. The number of carbonyl (C=O) groups is 1. The minimum absolute atomic E-state index is 0.217. The van der Waals surface area contributed by atoms with Gasteiger partial charge in [0.25, 0.3) is 0 Å². The molecular formula is C25H23N3O4S. The quantitative estimate of drug-likeness (QED) is 0.590. The lowest BCUT2D eigenvalue weighted by Gasteiger charge is -2.36. The Morgan fingerprint density at radius 3 is 2.61 bits per heavy atom. The second kappa shape index (κ2) is 8.71. The first-order valence-electron chi connectivity index (χ1n) is 10.6. The van der Waals surface area contributed by atoms with Crippen LogP contribution in [-0.2, 0) is 11.2 Å². The van der Waals surface area contributed by atoms with E-state index in [0.717, 1.165) is 40.4 Å². The van der Waals surface area contributed by atoms with Crippen molar-refractivity contribution in [1.82, 2.24) is 8.75 Å². The topological polar surface area (TPSA) is 84.8 Å². The van der Waals surface area contributed by atoms with Crippen LogP contribution < -0.4 is 14.4 Å². The van der Waals surface area contributed by atoms with Gasteiger partial charge >= 0.3 is 5.97 Å². The Bertz CT molecular complexity index is 1260. The average Bonchev–Trinajstić information content (AvgIpc) is 3.31. The Morgan fingerprint density at radius 1 is 1.12 bits per heavy atom. The van der Waals surface area contributed by atoms with Crippen LogP contribution in [0.1, 0.15) is 22.5 Å². The van der Waals surface area contributed by atoms with Crippen molar-refractivity contribution >= 4 is 35.0 Å². The molecule has 3 aromatic rings. The molecule has 0 bridgehead atoms. The number of methoxy groups -OCH3 is 2. The van der Waals surface area contributed by atoms with Gasteiger partial charge in [-0.15, -0.1) is 0 Å². The highest BCUT2D eigenvalue weighted by atomic mass is 32.1. The largest absolute Gasteiger partial charge is 0.497 e. The molecule has 8 heteroatoms. The van der Waals surface area contributed by atoms with Crippen LogP contribution in [0.25, 0.3) is 11.6 Å². The minimum atomic E-state index is -0.926. The van der Waals surface area contributed by atoms with Gasteiger partial charge in [-0.05, 0) is 42.0 Å². The third-order valence-electron chi connectivity index (χ3n) is 6.12. The third-order valence-corrected chi connectivity index (χ3v) is 6.70. The highest BCUT2D eigenvalue weighted by Gasteiger charge is 2.31. The number of rotatable bonds is 6. The Hall–Kier alpha value is -3.65. The Labute approximate surface area is 195 Å². The van der Waals surface area contributed by atoms with Crippen molar-refractivity contribution in [3.63, 3.8) is 0 Å². The van der Waals surface area contributed by atoms with Gasteiger partial charge in [-0.3, -0.25) is 0 Å². The average molecular weight is 462 g/mol. The van der Waals surface area contributed by atoms with Crippen molar-refractivity contribution < 1.29 is 19.4 Å². The Balaban J connectivity index is 1.57. The van der Waals surface area contributed by atoms with Gasteiger partial charge in [0.05, 0.1) is 49.5 Å². The van der Waals surface area contributed by atoms with E-state index in [9.17, 15) is 9.90 Å². The first-order valence-corrected chi connectivity index (χ1v) is 11.3. The van der Waals surface area contributed by atoms with Gasteiger partial charge in [-0.25, -0.2) is 4.79 Å². The van der Waals surface area contributed by atoms with Crippen LogP contribution in [-0.4, -0.2) is 47.1 Å². The molecule has 2 aromatic carbocycles. The van der Waals surface area contributed by atoms with Crippen molar-refractivity contribution in [2.75, 3.05) is 32.2 Å². The van der Waals surface area contributed by atoms with Crippen LogP contribution >= 0.6 is 11.7 Å². The molecule has 2 aliphatic rings. The first-order chi connectivity index (χ1) is 16.1. The maximum atomic E-state index is 12.4. The SMILES string of the molecule is COc1ccc(C2=C(C(=O)O)CN(CC3C=Cc4nsnc4C3)c3ccc(OC)cc32)cc1. The molecule has 33 heavy (non-hydrogen) atoms. The van der Waals surface area contributed by atoms with Gasteiger partial charge < -0.3 is 19.5 Å². The summed E-state index contributed by atoms with van der Waals surface area (Å²) in [7, 11) is 3.23. The molecule has 0 radical (unpaired) electrons. The minimum Gasteiger partial charge on any atom is -0.497 e. The summed E-state index contributed by atoms with van der Waals surface area (Å²) >= 11 is 1.23. The summed E-state index contributed by atoms with van der Waals surface area (Å²) in [6.07, 6.45) is 4.96. The number of aliphatic carboxylic acids is 1. The Kier molecular flexibility index (Phi) is 5.60. The van der Waals surface area contributed by atoms with Gasteiger partial charge in [0.2, 0.25) is 0 Å². The van der Waals surface area contributed by atoms with E-state index in [0.29, 0.717) is 30.0 Å². The molecule has 1 unspecified atom stereocenters. The number of benzene rings is 2. The molecule has 0 saturated heterocycles. The normalized spacial score (nSPS) is 16.9. The summed E-state index contributed by atoms with van der Waals surface area (Å²) in [6.45, 7) is 0.988. The number of fused-ring (bicyclic) bond motifs is 2. The standard InChI is InChI=1S/C25H23N3O4S/c1-31-17-6-4-16(5-7-17)24-19-12-18(32-2)8-10-23(19)28(14-20(24)25(29)30)13-15-3-9-21-22(11-15)27-33-26-21/h3-10,12,15H,11,13-14H2,1-2H3,(H,29,30). The number of carboxylic acid groups (broad SMARTS) is 1. The summed E-state index contributed by atoms with van der Waals surface area (Å²) in [5.41, 5.74) is 5.68. The second-order valence-corrected chi connectivity index (χ2v) is 8.60. The zero-order valence-electron chi connectivity index (χ0n) is 18.3. The number of hydrogen-bond donors (Lipinski definition) is 1. The fraction of sp³-hybridized carbons (Fsp3) is 0.240. The van der Waals surface area contributed by atoms with Gasteiger partial charge in [0.15, 0.2) is 0 Å². The highest BCUT2D eigenvalue weighted by molar-refractivity contribution is 6.99. The Morgan fingerprint density at radius 2 is 1.88 bits per heavy atom. The van der Waals surface area contributed by atoms with Gasteiger partial charge in [-0.1, -0.05) is 18.2 Å². The molecule has 0 spiro atoms. The molecule has 0 fully saturated rings. The van der Waals surface area contributed by atoms with E-state index in [4.69, 9.17) is 9.47 Å². The number of ether oxygens (including phenoxy) is 2. The van der Waals surface area contributed by atoms with E-state index in [1.165, 1.54) is 11.7 Å². The zero-order chi connectivity index (χ0) is 22.9. The second-order valence-electron chi connectivity index (χ2n) is 8.07. The summed E-state index contributed by atoms with van der Waals surface area (Å²) in [5.74, 6) is 0.694.